The molecular weight excluding hydrogens is 567 g/mol. The van der Waals surface area contributed by atoms with Gasteiger partial charge in [0, 0.05) is 22.3 Å². The molecule has 0 saturated carbocycles. The van der Waals surface area contributed by atoms with E-state index in [9.17, 15) is 8.42 Å². The number of para-hydroxylation sites is 3. The quantitative estimate of drug-likeness (QED) is 0.156. The minimum atomic E-state index is -3.90. The fourth-order valence-electron chi connectivity index (χ4n) is 6.19. The van der Waals surface area contributed by atoms with Crippen molar-refractivity contribution in [2.24, 2.45) is 0 Å². The monoisotopic (exact) mass is 610 g/mol. The summed E-state index contributed by atoms with van der Waals surface area (Å²) in [6.45, 7) is 15.6. The topological polar surface area (TPSA) is 86.6 Å². The predicted molar refractivity (Wildman–Crippen MR) is 178 cm³/mol. The van der Waals surface area contributed by atoms with Gasteiger partial charge in [-0.25, -0.2) is 9.13 Å². The van der Waals surface area contributed by atoms with E-state index < -0.39 is 16.2 Å². The molecule has 8 nitrogen and oxygen atoms in total. The Hall–Kier alpha value is -4.05. The standard InChI is InChI=1S/C34H43BN6O2S/c1-22(2)27-16-12-17-28(23(3)4)31(27)39-20-21-40(32-29(24(5)6)18-13-19-30(32)25(7)8)33(39)35-44(42,43)34-36-37-38-41(34)26-14-10-9-11-15-26/h9-25H,35H2,1-8H3. The van der Waals surface area contributed by atoms with Crippen molar-refractivity contribution in [2.75, 3.05) is 0 Å². The van der Waals surface area contributed by atoms with Crippen LogP contribution in [0.5, 0.6) is 0 Å². The van der Waals surface area contributed by atoms with E-state index in [0.717, 1.165) is 17.1 Å². The summed E-state index contributed by atoms with van der Waals surface area (Å²) in [5, 5.41) is 11.8. The molecule has 3 aromatic carbocycles. The normalized spacial score (nSPS) is 12.3. The number of tetrazole rings is 1. The van der Waals surface area contributed by atoms with E-state index in [2.05, 4.69) is 116 Å². The third kappa shape index (κ3) is 5.87. The molecule has 0 N–H and O–H groups in total. The Labute approximate surface area is 261 Å². The van der Waals surface area contributed by atoms with E-state index in [0.29, 0.717) is 5.69 Å². The molecular formula is C34H43BN6O2S. The second-order valence-corrected chi connectivity index (χ2v) is 15.3. The highest BCUT2D eigenvalue weighted by molar-refractivity contribution is 8.16. The van der Waals surface area contributed by atoms with E-state index in [-0.39, 0.29) is 28.8 Å². The number of nitrogens with zero attached hydrogens (tertiary/aromatic N) is 6. The van der Waals surface area contributed by atoms with Crippen molar-refractivity contribution < 1.29 is 13.0 Å². The van der Waals surface area contributed by atoms with Crippen LogP contribution < -0.4 is 10.3 Å². The summed E-state index contributed by atoms with van der Waals surface area (Å²) < 4.78 is 34.5. The van der Waals surface area contributed by atoms with Crippen molar-refractivity contribution in [3.05, 3.63) is 101 Å². The lowest BCUT2D eigenvalue weighted by molar-refractivity contribution is -0.576. The zero-order valence-electron chi connectivity index (χ0n) is 27.2. The SMILES string of the molecule is CC(C)c1cccc(C(C)C)c1-n1cc[n+](-c2c(C(C)C)cccc2C(C)C)c1[BH2-]S(=O)(=O)c1nnnn1-c1ccccc1. The number of hydrogen-bond acceptors (Lipinski definition) is 5. The molecule has 0 spiro atoms. The maximum atomic E-state index is 14.5. The summed E-state index contributed by atoms with van der Waals surface area (Å²) in [6.07, 6.45) is 4.09. The van der Waals surface area contributed by atoms with Crippen molar-refractivity contribution in [1.29, 1.82) is 0 Å². The van der Waals surface area contributed by atoms with Crippen molar-refractivity contribution in [2.45, 2.75) is 84.2 Å². The largest absolute Gasteiger partial charge is 0.265 e. The molecule has 2 heterocycles. The Morgan fingerprint density at radius 2 is 1.23 bits per heavy atom. The Morgan fingerprint density at radius 3 is 1.75 bits per heavy atom. The molecule has 0 radical (unpaired) electrons. The van der Waals surface area contributed by atoms with Gasteiger partial charge in [0.25, 0.3) is 0 Å². The van der Waals surface area contributed by atoms with E-state index in [4.69, 9.17) is 0 Å². The van der Waals surface area contributed by atoms with Gasteiger partial charge in [0.2, 0.25) is 11.7 Å². The third-order valence-electron chi connectivity index (χ3n) is 8.45. The molecule has 10 heteroatoms. The molecule has 0 amide bonds. The molecule has 0 bridgehead atoms. The van der Waals surface area contributed by atoms with Crippen LogP contribution in [0.15, 0.2) is 84.3 Å². The second-order valence-electron chi connectivity index (χ2n) is 13.0. The molecule has 44 heavy (non-hydrogen) atoms. The second kappa shape index (κ2) is 12.5. The smallest absolute Gasteiger partial charge is 0.238 e. The Balaban J connectivity index is 1.83. The zero-order chi connectivity index (χ0) is 31.8. The molecule has 0 aliphatic heterocycles. The first kappa shape index (κ1) is 31.4. The first-order valence-corrected chi connectivity index (χ1v) is 17.5. The van der Waals surface area contributed by atoms with Gasteiger partial charge in [-0.3, -0.25) is 8.42 Å². The highest BCUT2D eigenvalue weighted by Crippen LogP contribution is 2.32. The lowest BCUT2D eigenvalue weighted by Crippen LogP contribution is -2.54. The van der Waals surface area contributed by atoms with Gasteiger partial charge < -0.3 is 0 Å². The van der Waals surface area contributed by atoms with Gasteiger partial charge in [-0.05, 0) is 46.2 Å². The molecule has 5 aromatic rings. The van der Waals surface area contributed by atoms with Crippen LogP contribution in [-0.4, -0.2) is 39.8 Å². The summed E-state index contributed by atoms with van der Waals surface area (Å²) in [5.74, 6) is 0.958. The van der Waals surface area contributed by atoms with E-state index in [1.807, 2.05) is 30.6 Å². The van der Waals surface area contributed by atoms with Gasteiger partial charge >= 0.3 is 0 Å². The minimum absolute atomic E-state index is 0.134. The van der Waals surface area contributed by atoms with Gasteiger partial charge in [0.05, 0.1) is 21.1 Å². The first-order chi connectivity index (χ1) is 20.9. The lowest BCUT2D eigenvalue weighted by atomic mass is 9.91. The summed E-state index contributed by atoms with van der Waals surface area (Å²) in [6, 6.07) is 22.0. The number of aromatic nitrogens is 6. The van der Waals surface area contributed by atoms with Gasteiger partial charge in [0.1, 0.15) is 23.8 Å². The van der Waals surface area contributed by atoms with E-state index in [1.165, 1.54) is 26.9 Å². The van der Waals surface area contributed by atoms with Crippen LogP contribution in [0, 0.1) is 0 Å². The lowest BCUT2D eigenvalue weighted by Gasteiger charge is -2.22. The average Bonchev–Trinajstić information content (AvgIpc) is 3.64. The highest BCUT2D eigenvalue weighted by atomic mass is 32.2. The van der Waals surface area contributed by atoms with Crippen molar-refractivity contribution >= 4 is 22.0 Å². The van der Waals surface area contributed by atoms with Crippen LogP contribution >= 0.6 is 0 Å². The van der Waals surface area contributed by atoms with Crippen LogP contribution in [-0.2, 0) is 9.69 Å². The Bertz CT molecular complexity index is 1740. The average molecular weight is 611 g/mol. The third-order valence-corrected chi connectivity index (χ3v) is 10.3. The van der Waals surface area contributed by atoms with Gasteiger partial charge in [-0.2, -0.15) is 4.68 Å². The van der Waals surface area contributed by atoms with Crippen LogP contribution in [0.25, 0.3) is 17.1 Å². The summed E-state index contributed by atoms with van der Waals surface area (Å²) >= 11 is 0. The van der Waals surface area contributed by atoms with Crippen LogP contribution in [0.1, 0.15) is 101 Å². The van der Waals surface area contributed by atoms with E-state index in [1.54, 1.807) is 12.1 Å². The van der Waals surface area contributed by atoms with Crippen molar-refractivity contribution in [3.8, 4) is 17.1 Å². The van der Waals surface area contributed by atoms with Gasteiger partial charge in [-0.15, -0.1) is 0 Å². The fourth-order valence-corrected chi connectivity index (χ4v) is 7.88. The molecule has 230 valence electrons. The molecule has 0 saturated heterocycles. The van der Waals surface area contributed by atoms with Crippen LogP contribution in [0.2, 0.25) is 0 Å². The summed E-state index contributed by atoms with van der Waals surface area (Å²) in [5.41, 5.74) is 8.18. The van der Waals surface area contributed by atoms with Crippen LogP contribution in [0.4, 0.5) is 0 Å². The maximum Gasteiger partial charge on any atom is 0.238 e. The van der Waals surface area contributed by atoms with Crippen molar-refractivity contribution in [3.63, 3.8) is 0 Å². The predicted octanol–water partition coefficient (Wildman–Crippen LogP) is 5.41. The van der Waals surface area contributed by atoms with Crippen LogP contribution in [0.3, 0.4) is 0 Å². The molecule has 0 atom stereocenters. The first-order valence-electron chi connectivity index (χ1n) is 15.6. The molecule has 0 fully saturated rings. The summed E-state index contributed by atoms with van der Waals surface area (Å²) in [7, 11) is -3.90. The molecule has 2 aromatic heterocycles. The van der Waals surface area contributed by atoms with Gasteiger partial charge in [0.15, 0.2) is 0 Å². The molecule has 0 aliphatic carbocycles. The number of rotatable bonds is 10. The molecule has 5 rings (SSSR count). The maximum absolute atomic E-state index is 14.5. The van der Waals surface area contributed by atoms with Crippen molar-refractivity contribution in [1.82, 2.24) is 24.8 Å². The fraction of sp³-hybridized carbons (Fsp3) is 0.353. The molecule has 0 aliphatic rings. The van der Waals surface area contributed by atoms with E-state index >= 15 is 0 Å². The number of hydrogen-bond donors (Lipinski definition) is 0. The summed E-state index contributed by atoms with van der Waals surface area (Å²) in [4.78, 5) is 0. The number of benzene rings is 3. The minimum Gasteiger partial charge on any atom is -0.265 e. The van der Waals surface area contributed by atoms with Gasteiger partial charge in [-0.1, -0.05) is 115 Å². The Kier molecular flexibility index (Phi) is 8.93. The number of imidazole rings is 1. The zero-order valence-corrected chi connectivity index (χ0v) is 28.0. The molecule has 0 unspecified atom stereocenters. The highest BCUT2D eigenvalue weighted by Gasteiger charge is 2.31. The Morgan fingerprint density at radius 1 is 0.705 bits per heavy atom.